The first-order valence-corrected chi connectivity index (χ1v) is 7.86. The van der Waals surface area contributed by atoms with Crippen LogP contribution in [-0.4, -0.2) is 23.0 Å². The van der Waals surface area contributed by atoms with Crippen LogP contribution >= 0.6 is 11.3 Å². The highest BCUT2D eigenvalue weighted by Gasteiger charge is 2.21. The summed E-state index contributed by atoms with van der Waals surface area (Å²) in [6.45, 7) is 12.0. The van der Waals surface area contributed by atoms with E-state index in [1.165, 1.54) is 6.42 Å². The zero-order valence-corrected chi connectivity index (χ0v) is 13.3. The molecule has 1 aliphatic heterocycles. The highest BCUT2D eigenvalue weighted by molar-refractivity contribution is 7.09. The van der Waals surface area contributed by atoms with Gasteiger partial charge in [0.25, 0.3) is 0 Å². The van der Waals surface area contributed by atoms with Gasteiger partial charge in [-0.2, -0.15) is 0 Å². The fraction of sp³-hybridized carbons (Fsp3) is 0.667. The average molecular weight is 279 g/mol. The van der Waals surface area contributed by atoms with E-state index in [9.17, 15) is 0 Å². The molecule has 0 radical (unpaired) electrons. The second-order valence-electron chi connectivity index (χ2n) is 6.43. The lowest BCUT2D eigenvalue weighted by atomic mass is 9.83. The Morgan fingerprint density at radius 3 is 2.68 bits per heavy atom. The minimum atomic E-state index is 0.0486. The molecular weight excluding hydrogens is 254 g/mol. The lowest BCUT2D eigenvalue weighted by Crippen LogP contribution is -2.31. The molecule has 2 rings (SSSR count). The van der Waals surface area contributed by atoms with E-state index in [-0.39, 0.29) is 6.04 Å². The lowest BCUT2D eigenvalue weighted by molar-refractivity contribution is 0.269. The van der Waals surface area contributed by atoms with Gasteiger partial charge in [-0.05, 0) is 18.8 Å². The van der Waals surface area contributed by atoms with Gasteiger partial charge in [0.15, 0.2) is 0 Å². The number of nitrogens with zero attached hydrogens (tertiary/aromatic N) is 2. The standard InChI is InChI=1S/C15H25N3S/c1-11(16)14-17-13(10-19-14)9-18-7-5-12(6-8-18)15(2,3)4/h5,10-11H,6-9,16H2,1-4H3. The van der Waals surface area contributed by atoms with Gasteiger partial charge < -0.3 is 5.73 Å². The summed E-state index contributed by atoms with van der Waals surface area (Å²) in [5.74, 6) is 0. The molecule has 1 aromatic rings. The van der Waals surface area contributed by atoms with E-state index in [2.05, 4.69) is 42.1 Å². The number of aromatic nitrogens is 1. The number of hydrogen-bond donors (Lipinski definition) is 1. The number of hydrogen-bond acceptors (Lipinski definition) is 4. The van der Waals surface area contributed by atoms with Crippen LogP contribution < -0.4 is 5.73 Å². The van der Waals surface area contributed by atoms with E-state index in [0.717, 1.165) is 30.3 Å². The predicted octanol–water partition coefficient (Wildman–Crippen LogP) is 3.34. The van der Waals surface area contributed by atoms with E-state index in [1.54, 1.807) is 16.9 Å². The molecule has 1 unspecified atom stereocenters. The monoisotopic (exact) mass is 279 g/mol. The lowest BCUT2D eigenvalue weighted by Gasteiger charge is -2.31. The van der Waals surface area contributed by atoms with Crippen molar-refractivity contribution in [3.8, 4) is 0 Å². The third kappa shape index (κ3) is 3.88. The van der Waals surface area contributed by atoms with Crippen LogP contribution in [0.5, 0.6) is 0 Å². The Bertz CT molecular complexity index is 454. The second kappa shape index (κ2) is 5.73. The molecule has 0 bridgehead atoms. The maximum absolute atomic E-state index is 5.85. The van der Waals surface area contributed by atoms with Gasteiger partial charge >= 0.3 is 0 Å². The van der Waals surface area contributed by atoms with Crippen LogP contribution in [0.25, 0.3) is 0 Å². The third-order valence-electron chi connectivity index (χ3n) is 3.60. The van der Waals surface area contributed by atoms with Crippen molar-refractivity contribution in [3.63, 3.8) is 0 Å². The Morgan fingerprint density at radius 2 is 2.21 bits per heavy atom. The molecule has 19 heavy (non-hydrogen) atoms. The minimum absolute atomic E-state index is 0.0486. The molecule has 0 spiro atoms. The molecule has 0 aliphatic carbocycles. The maximum Gasteiger partial charge on any atom is 0.109 e. The molecule has 3 nitrogen and oxygen atoms in total. The molecule has 4 heteroatoms. The molecule has 0 amide bonds. The number of nitrogens with two attached hydrogens (primary N) is 1. The van der Waals surface area contributed by atoms with E-state index < -0.39 is 0 Å². The first-order valence-electron chi connectivity index (χ1n) is 6.98. The summed E-state index contributed by atoms with van der Waals surface area (Å²) in [6.07, 6.45) is 3.57. The van der Waals surface area contributed by atoms with Crippen molar-refractivity contribution in [1.29, 1.82) is 0 Å². The summed E-state index contributed by atoms with van der Waals surface area (Å²) in [4.78, 5) is 7.06. The van der Waals surface area contributed by atoms with Crippen LogP contribution in [0, 0.1) is 5.41 Å². The molecule has 0 fully saturated rings. The summed E-state index contributed by atoms with van der Waals surface area (Å²) >= 11 is 1.67. The SMILES string of the molecule is CC(N)c1nc(CN2CC=C(C(C)(C)C)CC2)cs1. The molecule has 0 saturated carbocycles. The van der Waals surface area contributed by atoms with Gasteiger partial charge in [0.2, 0.25) is 0 Å². The topological polar surface area (TPSA) is 42.1 Å². The van der Waals surface area contributed by atoms with Crippen molar-refractivity contribution in [1.82, 2.24) is 9.88 Å². The first kappa shape index (κ1) is 14.7. The average Bonchev–Trinajstić information content (AvgIpc) is 2.77. The number of rotatable bonds is 3. The van der Waals surface area contributed by atoms with E-state index in [0.29, 0.717) is 5.41 Å². The summed E-state index contributed by atoms with van der Waals surface area (Å²) in [7, 11) is 0. The van der Waals surface area contributed by atoms with Gasteiger partial charge in [0.05, 0.1) is 11.7 Å². The summed E-state index contributed by atoms with van der Waals surface area (Å²) in [5, 5.41) is 3.18. The van der Waals surface area contributed by atoms with Crippen LogP contribution in [0.15, 0.2) is 17.0 Å². The molecule has 0 aromatic carbocycles. The highest BCUT2D eigenvalue weighted by Crippen LogP contribution is 2.30. The van der Waals surface area contributed by atoms with Gasteiger partial charge in [-0.15, -0.1) is 11.3 Å². The van der Waals surface area contributed by atoms with Crippen molar-refractivity contribution >= 4 is 11.3 Å². The third-order valence-corrected chi connectivity index (χ3v) is 4.70. The van der Waals surface area contributed by atoms with Crippen molar-refractivity contribution < 1.29 is 0 Å². The van der Waals surface area contributed by atoms with Gasteiger partial charge in [0.1, 0.15) is 5.01 Å². The predicted molar refractivity (Wildman–Crippen MR) is 82.1 cm³/mol. The largest absolute Gasteiger partial charge is 0.322 e. The zero-order chi connectivity index (χ0) is 14.0. The molecular formula is C15H25N3S. The fourth-order valence-corrected chi connectivity index (χ4v) is 3.14. The van der Waals surface area contributed by atoms with Crippen molar-refractivity contribution in [2.75, 3.05) is 13.1 Å². The molecule has 106 valence electrons. The van der Waals surface area contributed by atoms with Crippen LogP contribution in [-0.2, 0) is 6.54 Å². The van der Waals surface area contributed by atoms with Crippen LogP contribution in [0.2, 0.25) is 0 Å². The minimum Gasteiger partial charge on any atom is -0.322 e. The van der Waals surface area contributed by atoms with Crippen LogP contribution in [0.4, 0.5) is 0 Å². The zero-order valence-electron chi connectivity index (χ0n) is 12.4. The Labute approximate surface area is 120 Å². The van der Waals surface area contributed by atoms with Gasteiger partial charge in [-0.3, -0.25) is 4.90 Å². The quantitative estimate of drug-likeness (QED) is 0.863. The maximum atomic E-state index is 5.85. The summed E-state index contributed by atoms with van der Waals surface area (Å²) in [6, 6.07) is 0.0486. The Kier molecular flexibility index (Phi) is 4.43. The van der Waals surface area contributed by atoms with Gasteiger partial charge in [0, 0.05) is 25.0 Å². The highest BCUT2D eigenvalue weighted by atomic mass is 32.1. The normalized spacial score (nSPS) is 19.3. The van der Waals surface area contributed by atoms with Crippen molar-refractivity contribution in [2.24, 2.45) is 11.1 Å². The number of thiazole rings is 1. The van der Waals surface area contributed by atoms with Crippen molar-refractivity contribution in [2.45, 2.75) is 46.7 Å². The van der Waals surface area contributed by atoms with Gasteiger partial charge in [-0.1, -0.05) is 32.4 Å². The van der Waals surface area contributed by atoms with Gasteiger partial charge in [-0.25, -0.2) is 4.98 Å². The van der Waals surface area contributed by atoms with Crippen molar-refractivity contribution in [3.05, 3.63) is 27.7 Å². The molecule has 0 saturated heterocycles. The summed E-state index contributed by atoms with van der Waals surface area (Å²) < 4.78 is 0. The Hall–Kier alpha value is -0.710. The molecule has 2 heterocycles. The smallest absolute Gasteiger partial charge is 0.109 e. The molecule has 1 aliphatic rings. The summed E-state index contributed by atoms with van der Waals surface area (Å²) in [5.41, 5.74) is 8.90. The first-order chi connectivity index (χ1) is 8.86. The van der Waals surface area contributed by atoms with Crippen LogP contribution in [0.1, 0.15) is 50.9 Å². The molecule has 1 atom stereocenters. The molecule has 1 aromatic heterocycles. The fourth-order valence-electron chi connectivity index (χ4n) is 2.37. The second-order valence-corrected chi connectivity index (χ2v) is 7.32. The van der Waals surface area contributed by atoms with E-state index in [1.807, 2.05) is 6.92 Å². The van der Waals surface area contributed by atoms with E-state index >= 15 is 0 Å². The van der Waals surface area contributed by atoms with Crippen LogP contribution in [0.3, 0.4) is 0 Å². The Balaban J connectivity index is 1.93. The Morgan fingerprint density at radius 1 is 1.47 bits per heavy atom. The molecule has 2 N–H and O–H groups in total. The van der Waals surface area contributed by atoms with E-state index in [4.69, 9.17) is 5.73 Å².